The highest BCUT2D eigenvalue weighted by Gasteiger charge is 2.36. The van der Waals surface area contributed by atoms with E-state index in [-0.39, 0.29) is 18.0 Å². The molecule has 4 nitrogen and oxygen atoms in total. The Morgan fingerprint density at radius 3 is 2.36 bits per heavy atom. The zero-order valence-electron chi connectivity index (χ0n) is 15.7. The summed E-state index contributed by atoms with van der Waals surface area (Å²) in [6, 6.07) is 15.0. The van der Waals surface area contributed by atoms with Crippen LogP contribution >= 0.6 is 0 Å². The van der Waals surface area contributed by atoms with E-state index < -0.39 is 11.7 Å². The second-order valence-electron chi connectivity index (χ2n) is 7.05. The van der Waals surface area contributed by atoms with Crippen LogP contribution in [0.2, 0.25) is 0 Å². The molecule has 1 saturated heterocycles. The second kappa shape index (κ2) is 8.75. The zero-order chi connectivity index (χ0) is 20.1. The topological polar surface area (TPSA) is 44.4 Å². The van der Waals surface area contributed by atoms with Crippen molar-refractivity contribution in [3.63, 3.8) is 0 Å². The Labute approximate surface area is 162 Å². The minimum Gasteiger partial charge on any atom is -0.358 e. The summed E-state index contributed by atoms with van der Waals surface area (Å²) in [7, 11) is 1.63. The van der Waals surface area contributed by atoms with Gasteiger partial charge in [-0.05, 0) is 29.7 Å². The fourth-order valence-electron chi connectivity index (χ4n) is 3.56. The first-order valence-corrected chi connectivity index (χ1v) is 9.26. The number of hydrogen-bond acceptors (Lipinski definition) is 3. The molecule has 0 saturated carbocycles. The highest BCUT2D eigenvalue weighted by molar-refractivity contribution is 5.81. The third-order valence-electron chi connectivity index (χ3n) is 5.06. The number of nitrogens with zero attached hydrogens (tertiary/aromatic N) is 1. The summed E-state index contributed by atoms with van der Waals surface area (Å²) in [6.45, 7) is 1.84. The Bertz CT molecular complexity index is 778. The average molecular weight is 391 g/mol. The van der Waals surface area contributed by atoms with E-state index in [4.69, 9.17) is 0 Å². The molecule has 0 radical (unpaired) electrons. The van der Waals surface area contributed by atoms with Gasteiger partial charge in [0, 0.05) is 32.7 Å². The molecule has 2 atom stereocenters. The van der Waals surface area contributed by atoms with Crippen LogP contribution in [0, 0.1) is 0 Å². The summed E-state index contributed by atoms with van der Waals surface area (Å²) in [6.07, 6.45) is -3.66. The van der Waals surface area contributed by atoms with Gasteiger partial charge in [-0.3, -0.25) is 9.69 Å². The minimum atomic E-state index is -4.32. The Balaban J connectivity index is 1.60. The van der Waals surface area contributed by atoms with Gasteiger partial charge < -0.3 is 10.6 Å². The van der Waals surface area contributed by atoms with E-state index in [1.165, 1.54) is 12.1 Å². The molecule has 0 aromatic heterocycles. The highest BCUT2D eigenvalue weighted by atomic mass is 19.4. The first kappa shape index (κ1) is 20.4. The van der Waals surface area contributed by atoms with Crippen molar-refractivity contribution in [2.75, 3.05) is 13.6 Å². The van der Waals surface area contributed by atoms with E-state index in [2.05, 4.69) is 15.5 Å². The van der Waals surface area contributed by atoms with Gasteiger partial charge >= 0.3 is 6.18 Å². The van der Waals surface area contributed by atoms with Gasteiger partial charge in [0.25, 0.3) is 0 Å². The quantitative estimate of drug-likeness (QED) is 0.795. The van der Waals surface area contributed by atoms with Crippen molar-refractivity contribution >= 4 is 5.91 Å². The lowest BCUT2D eigenvalue weighted by atomic mass is 10.1. The van der Waals surface area contributed by atoms with Crippen molar-refractivity contribution in [2.45, 2.75) is 37.8 Å². The minimum absolute atomic E-state index is 0.0187. The SMILES string of the molecule is CNC(=O)[C@@H]1C[C@H](NCc2ccc(C(F)(F)F)cc2)CN1Cc1ccccc1. The number of amides is 1. The Morgan fingerprint density at radius 2 is 1.75 bits per heavy atom. The van der Waals surface area contributed by atoms with Crippen molar-refractivity contribution in [1.82, 2.24) is 15.5 Å². The van der Waals surface area contributed by atoms with Crippen LogP contribution in [-0.4, -0.2) is 36.5 Å². The van der Waals surface area contributed by atoms with Crippen LogP contribution in [0.1, 0.15) is 23.1 Å². The van der Waals surface area contributed by atoms with Gasteiger partial charge in [-0.15, -0.1) is 0 Å². The number of carbonyl (C=O) groups is 1. The third kappa shape index (κ3) is 5.11. The molecule has 1 amide bonds. The standard InChI is InChI=1S/C21H24F3N3O/c1-25-20(28)19-11-18(14-27(19)13-16-5-3-2-4-6-16)26-12-15-7-9-17(10-8-15)21(22,23)24/h2-10,18-19,26H,11-14H2,1H3,(H,25,28)/t18-,19-/m0/s1. The summed E-state index contributed by atoms with van der Waals surface area (Å²) < 4.78 is 38.0. The highest BCUT2D eigenvalue weighted by Crippen LogP contribution is 2.29. The third-order valence-corrected chi connectivity index (χ3v) is 5.06. The molecule has 1 fully saturated rings. The molecule has 7 heteroatoms. The number of hydrogen-bond donors (Lipinski definition) is 2. The van der Waals surface area contributed by atoms with Crippen LogP contribution in [0.25, 0.3) is 0 Å². The van der Waals surface area contributed by atoms with Crippen LogP contribution in [0.15, 0.2) is 54.6 Å². The number of likely N-dealkylation sites (N-methyl/N-ethyl adjacent to an activating group) is 1. The van der Waals surface area contributed by atoms with Gasteiger partial charge in [0.05, 0.1) is 11.6 Å². The maximum atomic E-state index is 12.7. The van der Waals surface area contributed by atoms with Crippen LogP contribution in [0.4, 0.5) is 13.2 Å². The molecule has 3 rings (SSSR count). The molecule has 2 N–H and O–H groups in total. The van der Waals surface area contributed by atoms with Crippen molar-refractivity contribution < 1.29 is 18.0 Å². The molecule has 0 spiro atoms. The predicted octanol–water partition coefficient (Wildman–Crippen LogP) is 3.18. The second-order valence-corrected chi connectivity index (χ2v) is 7.05. The average Bonchev–Trinajstić information content (AvgIpc) is 3.09. The van der Waals surface area contributed by atoms with Gasteiger partial charge in [0.15, 0.2) is 0 Å². The van der Waals surface area contributed by atoms with Crippen LogP contribution < -0.4 is 10.6 Å². The summed E-state index contributed by atoms with van der Waals surface area (Å²) in [5.41, 5.74) is 1.27. The molecule has 1 heterocycles. The molecule has 0 aliphatic carbocycles. The number of likely N-dealkylation sites (tertiary alicyclic amines) is 1. The summed E-state index contributed by atoms with van der Waals surface area (Å²) in [5.74, 6) is -0.0187. The summed E-state index contributed by atoms with van der Waals surface area (Å²) in [4.78, 5) is 14.4. The first-order chi connectivity index (χ1) is 13.4. The molecule has 28 heavy (non-hydrogen) atoms. The van der Waals surface area contributed by atoms with Crippen LogP contribution in [0.3, 0.4) is 0 Å². The molecular weight excluding hydrogens is 367 g/mol. The maximum Gasteiger partial charge on any atom is 0.416 e. The smallest absolute Gasteiger partial charge is 0.358 e. The molecule has 150 valence electrons. The summed E-state index contributed by atoms with van der Waals surface area (Å²) in [5, 5.41) is 6.10. The van der Waals surface area contributed by atoms with E-state index in [1.807, 2.05) is 30.3 Å². The lowest BCUT2D eigenvalue weighted by Gasteiger charge is -2.22. The van der Waals surface area contributed by atoms with Crippen LogP contribution in [0.5, 0.6) is 0 Å². The first-order valence-electron chi connectivity index (χ1n) is 9.26. The van der Waals surface area contributed by atoms with E-state index >= 15 is 0 Å². The Kier molecular flexibility index (Phi) is 6.36. The van der Waals surface area contributed by atoms with Gasteiger partial charge in [-0.25, -0.2) is 0 Å². The molecule has 2 aromatic carbocycles. The van der Waals surface area contributed by atoms with Crippen molar-refractivity contribution in [1.29, 1.82) is 0 Å². The molecule has 1 aliphatic rings. The van der Waals surface area contributed by atoms with E-state index in [0.717, 1.165) is 23.3 Å². The van der Waals surface area contributed by atoms with Gasteiger partial charge in [-0.2, -0.15) is 13.2 Å². The molecule has 0 unspecified atom stereocenters. The van der Waals surface area contributed by atoms with E-state index in [9.17, 15) is 18.0 Å². The van der Waals surface area contributed by atoms with Crippen molar-refractivity contribution in [2.24, 2.45) is 0 Å². The number of halogens is 3. The predicted molar refractivity (Wildman–Crippen MR) is 101 cm³/mol. The van der Waals surface area contributed by atoms with Crippen LogP contribution in [-0.2, 0) is 24.1 Å². The van der Waals surface area contributed by atoms with E-state index in [1.54, 1.807) is 7.05 Å². The van der Waals surface area contributed by atoms with Gasteiger partial charge in [-0.1, -0.05) is 42.5 Å². The number of carbonyl (C=O) groups excluding carboxylic acids is 1. The fraction of sp³-hybridized carbons (Fsp3) is 0.381. The van der Waals surface area contributed by atoms with Crippen molar-refractivity contribution in [3.8, 4) is 0 Å². The van der Waals surface area contributed by atoms with E-state index in [0.29, 0.717) is 26.1 Å². The fourth-order valence-corrected chi connectivity index (χ4v) is 3.56. The maximum absolute atomic E-state index is 12.7. The lowest BCUT2D eigenvalue weighted by Crippen LogP contribution is -2.41. The van der Waals surface area contributed by atoms with Gasteiger partial charge in [0.2, 0.25) is 5.91 Å². The molecule has 1 aliphatic heterocycles. The van der Waals surface area contributed by atoms with Gasteiger partial charge in [0.1, 0.15) is 0 Å². The van der Waals surface area contributed by atoms with Crippen molar-refractivity contribution in [3.05, 3.63) is 71.3 Å². The summed E-state index contributed by atoms with van der Waals surface area (Å²) >= 11 is 0. The normalized spacial score (nSPS) is 20.3. The number of benzene rings is 2. The number of alkyl halides is 3. The Hall–Kier alpha value is -2.38. The molecule has 2 aromatic rings. The Morgan fingerprint density at radius 1 is 1.07 bits per heavy atom. The number of rotatable bonds is 6. The zero-order valence-corrected chi connectivity index (χ0v) is 15.7. The molecular formula is C21H24F3N3O. The molecule has 0 bridgehead atoms. The lowest BCUT2D eigenvalue weighted by molar-refractivity contribution is -0.137. The monoisotopic (exact) mass is 391 g/mol. The largest absolute Gasteiger partial charge is 0.416 e. The number of nitrogens with one attached hydrogen (secondary N) is 2.